The highest BCUT2D eigenvalue weighted by Crippen LogP contribution is 2.43. The van der Waals surface area contributed by atoms with Gasteiger partial charge in [-0.05, 0) is 67.4 Å². The molecule has 0 radical (unpaired) electrons. The Morgan fingerprint density at radius 3 is 2.53 bits per heavy atom. The Kier molecular flexibility index (Phi) is 6.48. The van der Waals surface area contributed by atoms with Gasteiger partial charge in [0.15, 0.2) is 27.3 Å². The molecular formula is C32H30F4N4O4S. The summed E-state index contributed by atoms with van der Waals surface area (Å²) in [5.41, 5.74) is -0.858. The van der Waals surface area contributed by atoms with Gasteiger partial charge >= 0.3 is 6.01 Å². The van der Waals surface area contributed by atoms with Gasteiger partial charge in [-0.3, -0.25) is 4.90 Å². The van der Waals surface area contributed by atoms with E-state index in [-0.39, 0.29) is 58.9 Å². The molecule has 3 aromatic carbocycles. The number of sulfone groups is 1. The number of phenolic OH excluding ortho intramolecular Hbond substituents is 1. The van der Waals surface area contributed by atoms with Crippen LogP contribution in [0.3, 0.4) is 0 Å². The lowest BCUT2D eigenvalue weighted by Crippen LogP contribution is -2.47. The Bertz CT molecular complexity index is 1980. The molecule has 13 heteroatoms. The molecule has 2 bridgehead atoms. The molecule has 4 aliphatic rings. The van der Waals surface area contributed by atoms with Crippen LogP contribution in [0.15, 0.2) is 36.4 Å². The second kappa shape index (κ2) is 10.1. The maximum Gasteiger partial charge on any atom is 0.319 e. The molecule has 5 heterocycles. The molecule has 1 aromatic heterocycles. The number of aromatic hydroxyl groups is 1. The van der Waals surface area contributed by atoms with Gasteiger partial charge in [0.05, 0.1) is 16.0 Å². The maximum atomic E-state index is 16.7. The molecular weight excluding hydrogens is 612 g/mol. The molecule has 0 saturated carbocycles. The number of alkyl halides is 1. The van der Waals surface area contributed by atoms with Crippen LogP contribution in [0, 0.1) is 17.5 Å². The molecule has 4 saturated heterocycles. The zero-order chi connectivity index (χ0) is 31.2. The van der Waals surface area contributed by atoms with Gasteiger partial charge in [0.25, 0.3) is 0 Å². The number of fused-ring (bicyclic) bond motifs is 5. The molecule has 4 aliphatic heterocycles. The van der Waals surface area contributed by atoms with Crippen molar-refractivity contribution >= 4 is 37.3 Å². The molecule has 4 fully saturated rings. The van der Waals surface area contributed by atoms with Crippen LogP contribution >= 0.6 is 0 Å². The molecule has 0 aliphatic carbocycles. The summed E-state index contributed by atoms with van der Waals surface area (Å²) in [7, 11) is -3.28. The molecule has 8 rings (SSSR count). The van der Waals surface area contributed by atoms with Crippen LogP contribution in [0.2, 0.25) is 0 Å². The minimum Gasteiger partial charge on any atom is -0.508 e. The molecule has 0 unspecified atom stereocenters. The molecule has 8 nitrogen and oxygen atoms in total. The van der Waals surface area contributed by atoms with E-state index in [1.807, 2.05) is 4.90 Å². The smallest absolute Gasteiger partial charge is 0.319 e. The molecule has 236 valence electrons. The van der Waals surface area contributed by atoms with E-state index in [4.69, 9.17) is 4.74 Å². The molecule has 0 amide bonds. The van der Waals surface area contributed by atoms with Crippen LogP contribution < -0.4 is 9.64 Å². The number of nitrogens with zero attached hydrogens (tertiary/aromatic N) is 4. The van der Waals surface area contributed by atoms with Crippen molar-refractivity contribution in [3.63, 3.8) is 0 Å². The van der Waals surface area contributed by atoms with Gasteiger partial charge in [-0.15, -0.1) is 0 Å². The van der Waals surface area contributed by atoms with E-state index in [0.29, 0.717) is 37.0 Å². The molecule has 45 heavy (non-hydrogen) atoms. The van der Waals surface area contributed by atoms with Gasteiger partial charge in [0.1, 0.15) is 29.9 Å². The number of hydrogen-bond donors (Lipinski definition) is 1. The minimum absolute atomic E-state index is 0.0634. The van der Waals surface area contributed by atoms with E-state index < -0.39 is 49.5 Å². The number of anilines is 1. The summed E-state index contributed by atoms with van der Waals surface area (Å²) < 4.78 is 92.3. The zero-order valence-electron chi connectivity index (χ0n) is 24.1. The van der Waals surface area contributed by atoms with Crippen molar-refractivity contribution in [3.8, 4) is 22.9 Å². The van der Waals surface area contributed by atoms with E-state index in [9.17, 15) is 22.3 Å². The average Bonchev–Trinajstić information content (AvgIpc) is 3.53. The van der Waals surface area contributed by atoms with Crippen LogP contribution in [0.1, 0.15) is 32.1 Å². The first kappa shape index (κ1) is 28.7. The second-order valence-corrected chi connectivity index (χ2v) is 15.3. The Balaban J connectivity index is 1.27. The van der Waals surface area contributed by atoms with Crippen molar-refractivity contribution < 1.29 is 35.8 Å². The Morgan fingerprint density at radius 2 is 1.76 bits per heavy atom. The van der Waals surface area contributed by atoms with Crippen LogP contribution in [0.5, 0.6) is 11.8 Å². The summed E-state index contributed by atoms with van der Waals surface area (Å²) in [5.74, 6) is -3.12. The van der Waals surface area contributed by atoms with Crippen molar-refractivity contribution in [2.24, 2.45) is 0 Å². The first-order valence-electron chi connectivity index (χ1n) is 15.1. The van der Waals surface area contributed by atoms with Crippen molar-refractivity contribution in [2.45, 2.75) is 54.3 Å². The van der Waals surface area contributed by atoms with Crippen molar-refractivity contribution in [1.82, 2.24) is 14.9 Å². The van der Waals surface area contributed by atoms with E-state index in [1.165, 1.54) is 24.3 Å². The number of aromatic nitrogens is 2. The molecule has 0 spiro atoms. The summed E-state index contributed by atoms with van der Waals surface area (Å²) in [4.78, 5) is 13.0. The fraction of sp³-hybridized carbons (Fsp3) is 0.438. The highest BCUT2D eigenvalue weighted by atomic mass is 32.2. The lowest BCUT2D eigenvalue weighted by atomic mass is 9.95. The van der Waals surface area contributed by atoms with Crippen LogP contribution in [-0.4, -0.2) is 83.4 Å². The van der Waals surface area contributed by atoms with Gasteiger partial charge in [-0.25, -0.2) is 26.0 Å². The zero-order valence-corrected chi connectivity index (χ0v) is 25.0. The van der Waals surface area contributed by atoms with Crippen molar-refractivity contribution in [3.05, 3.63) is 53.8 Å². The third-order valence-corrected chi connectivity index (χ3v) is 12.8. The minimum atomic E-state index is -3.28. The van der Waals surface area contributed by atoms with E-state index in [1.54, 1.807) is 6.07 Å². The monoisotopic (exact) mass is 642 g/mol. The number of phenols is 1. The lowest BCUT2D eigenvalue weighted by Gasteiger charge is -2.34. The number of benzene rings is 3. The van der Waals surface area contributed by atoms with Crippen molar-refractivity contribution in [1.29, 1.82) is 0 Å². The summed E-state index contributed by atoms with van der Waals surface area (Å²) in [5, 5.41) is 9.53. The van der Waals surface area contributed by atoms with Gasteiger partial charge < -0.3 is 14.7 Å². The van der Waals surface area contributed by atoms with Crippen LogP contribution in [-0.2, 0) is 9.84 Å². The Labute approximate surface area is 256 Å². The summed E-state index contributed by atoms with van der Waals surface area (Å²) in [6, 6.07) is 7.49. The van der Waals surface area contributed by atoms with E-state index in [0.717, 1.165) is 25.5 Å². The number of rotatable bonds is 5. The van der Waals surface area contributed by atoms with Crippen LogP contribution in [0.25, 0.3) is 32.8 Å². The third-order valence-electron chi connectivity index (χ3n) is 10.2. The Hall–Kier alpha value is -3.71. The normalized spacial score (nSPS) is 27.5. The largest absolute Gasteiger partial charge is 0.508 e. The first-order valence-corrected chi connectivity index (χ1v) is 16.8. The predicted octanol–water partition coefficient (Wildman–Crippen LogP) is 5.29. The maximum absolute atomic E-state index is 16.7. The van der Waals surface area contributed by atoms with Gasteiger partial charge in [0.2, 0.25) is 0 Å². The van der Waals surface area contributed by atoms with Gasteiger partial charge in [-0.1, -0.05) is 12.1 Å². The summed E-state index contributed by atoms with van der Waals surface area (Å²) >= 11 is 0. The lowest BCUT2D eigenvalue weighted by molar-refractivity contribution is 0.107. The fourth-order valence-electron chi connectivity index (χ4n) is 7.98. The Morgan fingerprint density at radius 1 is 0.978 bits per heavy atom. The standard InChI is InChI=1S/C32H30F4N4O4S/c33-18-12-32(8-1-9-40(32)13-18)16-44-31-37-29-23(30(38-31)39-14-20-3-4-21(15-39)45(20,42)43)6-5-22(27(29)35)24-11-19(41)10-17-2-7-25(34)28(36)26(17)24/h2,5-7,10-11,18,20-21,41H,1,3-4,8-9,12-16H2/t18-,20-,21+,32+/m1/s1. The fourth-order valence-corrected chi connectivity index (χ4v) is 10.2. The van der Waals surface area contributed by atoms with Crippen LogP contribution in [0.4, 0.5) is 23.4 Å². The molecule has 4 atom stereocenters. The highest BCUT2D eigenvalue weighted by molar-refractivity contribution is 7.93. The first-order chi connectivity index (χ1) is 21.5. The average molecular weight is 643 g/mol. The SMILES string of the molecule is O=S1(=O)[C@@H]2CC[C@H]1CN(c1nc(OC[C@@]34CCCN3C[C@H](F)C4)nc3c(F)c(-c4cc(O)cc5ccc(F)c(F)c45)ccc13)C2. The van der Waals surface area contributed by atoms with Gasteiger partial charge in [0, 0.05) is 42.4 Å². The quantitative estimate of drug-likeness (QED) is 0.294. The second-order valence-electron chi connectivity index (χ2n) is 12.8. The van der Waals surface area contributed by atoms with E-state index >= 15 is 8.78 Å². The number of hydrogen-bond acceptors (Lipinski definition) is 8. The highest BCUT2D eigenvalue weighted by Gasteiger charge is 2.50. The third kappa shape index (κ3) is 4.44. The summed E-state index contributed by atoms with van der Waals surface area (Å²) in [6.07, 6.45) is 2.04. The topological polar surface area (TPSA) is 95.9 Å². The van der Waals surface area contributed by atoms with E-state index in [2.05, 4.69) is 14.9 Å². The molecule has 1 N–H and O–H groups in total. The molecule has 4 aromatic rings. The predicted molar refractivity (Wildman–Crippen MR) is 161 cm³/mol. The van der Waals surface area contributed by atoms with Gasteiger partial charge in [-0.2, -0.15) is 9.97 Å². The number of halogens is 4. The number of ether oxygens (including phenoxy) is 1. The summed E-state index contributed by atoms with van der Waals surface area (Å²) in [6.45, 7) is 1.53. The van der Waals surface area contributed by atoms with Crippen molar-refractivity contribution in [2.75, 3.05) is 37.7 Å².